The van der Waals surface area contributed by atoms with Crippen LogP contribution in [0.1, 0.15) is 245 Å². The smallest absolute Gasteiger partial charge is 0.306 e. The van der Waals surface area contributed by atoms with E-state index >= 15 is 0 Å². The van der Waals surface area contributed by atoms with Crippen LogP contribution >= 0.6 is 0 Å². The summed E-state index contributed by atoms with van der Waals surface area (Å²) in [5.41, 5.74) is 0. The molecule has 346 valence electrons. The Kier molecular flexibility index (Phi) is 46.4. The van der Waals surface area contributed by atoms with Crippen LogP contribution < -0.4 is 0 Å². The van der Waals surface area contributed by atoms with Crippen molar-refractivity contribution in [1.82, 2.24) is 0 Å². The Bertz CT molecular complexity index is 1100. The summed E-state index contributed by atoms with van der Waals surface area (Å²) in [6.45, 7) is 6.50. The van der Waals surface area contributed by atoms with Gasteiger partial charge in [0.25, 0.3) is 0 Å². The van der Waals surface area contributed by atoms with Crippen molar-refractivity contribution >= 4 is 17.9 Å². The first-order chi connectivity index (χ1) is 29.5. The van der Waals surface area contributed by atoms with Gasteiger partial charge in [0.05, 0.1) is 0 Å². The Morgan fingerprint density at radius 2 is 0.633 bits per heavy atom. The van der Waals surface area contributed by atoms with Crippen LogP contribution in [0.25, 0.3) is 0 Å². The molecular formula is C54H94O6. The maximum atomic E-state index is 12.8. The molecule has 6 nitrogen and oxygen atoms in total. The van der Waals surface area contributed by atoms with Crippen LogP contribution in [-0.2, 0) is 28.6 Å². The van der Waals surface area contributed by atoms with Crippen molar-refractivity contribution in [3.8, 4) is 0 Å². The van der Waals surface area contributed by atoms with Gasteiger partial charge in [0.2, 0.25) is 0 Å². The minimum Gasteiger partial charge on any atom is -0.462 e. The number of esters is 3. The number of allylic oxidation sites excluding steroid dienone is 10. The highest BCUT2D eigenvalue weighted by molar-refractivity contribution is 5.71. The van der Waals surface area contributed by atoms with Gasteiger partial charge in [-0.15, -0.1) is 0 Å². The van der Waals surface area contributed by atoms with Crippen molar-refractivity contribution < 1.29 is 28.6 Å². The Labute approximate surface area is 370 Å². The molecule has 0 rings (SSSR count). The molecule has 0 heterocycles. The van der Waals surface area contributed by atoms with Crippen molar-refractivity contribution in [2.45, 2.75) is 252 Å². The minimum atomic E-state index is -0.786. The van der Waals surface area contributed by atoms with E-state index in [1.54, 1.807) is 0 Å². The molecule has 0 bridgehead atoms. The second-order valence-electron chi connectivity index (χ2n) is 16.7. The average Bonchev–Trinajstić information content (AvgIpc) is 3.24. The molecule has 0 radical (unpaired) electrons. The molecule has 0 aromatic heterocycles. The van der Waals surface area contributed by atoms with E-state index in [0.717, 1.165) is 109 Å². The summed E-state index contributed by atoms with van der Waals surface area (Å²) in [4.78, 5) is 37.9. The van der Waals surface area contributed by atoms with Crippen molar-refractivity contribution in [3.63, 3.8) is 0 Å². The van der Waals surface area contributed by atoms with Crippen LogP contribution in [0.15, 0.2) is 60.8 Å². The maximum Gasteiger partial charge on any atom is 0.306 e. The van der Waals surface area contributed by atoms with E-state index < -0.39 is 6.10 Å². The van der Waals surface area contributed by atoms with Gasteiger partial charge in [-0.05, 0) is 103 Å². The van der Waals surface area contributed by atoms with E-state index in [9.17, 15) is 14.4 Å². The van der Waals surface area contributed by atoms with E-state index in [-0.39, 0.29) is 31.1 Å². The predicted octanol–water partition coefficient (Wildman–Crippen LogP) is 16.5. The highest BCUT2D eigenvalue weighted by atomic mass is 16.6. The molecule has 0 aliphatic heterocycles. The van der Waals surface area contributed by atoms with Gasteiger partial charge in [-0.25, -0.2) is 0 Å². The molecule has 0 N–H and O–H groups in total. The van der Waals surface area contributed by atoms with Crippen molar-refractivity contribution in [2.75, 3.05) is 13.2 Å². The minimum absolute atomic E-state index is 0.0869. The number of hydrogen-bond donors (Lipinski definition) is 0. The lowest BCUT2D eigenvalue weighted by molar-refractivity contribution is -0.167. The average molecular weight is 839 g/mol. The van der Waals surface area contributed by atoms with Crippen LogP contribution in [-0.4, -0.2) is 37.2 Å². The lowest BCUT2D eigenvalue weighted by atomic mass is 10.1. The number of carbonyl (C=O) groups is 3. The van der Waals surface area contributed by atoms with E-state index in [0.29, 0.717) is 19.3 Å². The van der Waals surface area contributed by atoms with E-state index in [4.69, 9.17) is 14.2 Å². The van der Waals surface area contributed by atoms with Gasteiger partial charge in [-0.1, -0.05) is 184 Å². The summed E-state index contributed by atoms with van der Waals surface area (Å²) < 4.78 is 16.7. The molecule has 1 unspecified atom stereocenters. The van der Waals surface area contributed by atoms with Crippen LogP contribution in [0.4, 0.5) is 0 Å². The third-order valence-electron chi connectivity index (χ3n) is 10.7. The quantitative estimate of drug-likeness (QED) is 0.0263. The van der Waals surface area contributed by atoms with Crippen molar-refractivity contribution in [2.24, 2.45) is 0 Å². The summed E-state index contributed by atoms with van der Waals surface area (Å²) in [5.74, 6) is -0.917. The molecule has 6 heteroatoms. The SMILES string of the molecule is CCC/C=C\CCCCCCCC(=O)OCC(COC(=O)CCCCCCCCC/C=C\C/C=C\CCCCC)OC(=O)CCCCCCC/C=C\C/C=C\CCCCC. The first kappa shape index (κ1) is 57.1. The van der Waals surface area contributed by atoms with E-state index in [1.807, 2.05) is 0 Å². The van der Waals surface area contributed by atoms with Crippen molar-refractivity contribution in [3.05, 3.63) is 60.8 Å². The number of rotatable bonds is 45. The van der Waals surface area contributed by atoms with Crippen LogP contribution in [0, 0.1) is 0 Å². The molecule has 0 fully saturated rings. The Balaban J connectivity index is 4.38. The first-order valence-corrected chi connectivity index (χ1v) is 25.3. The number of ether oxygens (including phenoxy) is 3. The summed E-state index contributed by atoms with van der Waals surface area (Å²) in [6, 6.07) is 0. The zero-order valence-corrected chi connectivity index (χ0v) is 39.5. The molecule has 0 spiro atoms. The van der Waals surface area contributed by atoms with Crippen molar-refractivity contribution in [1.29, 1.82) is 0 Å². The molecule has 0 aliphatic carbocycles. The summed E-state index contributed by atoms with van der Waals surface area (Å²) >= 11 is 0. The molecule has 0 aromatic carbocycles. The van der Waals surface area contributed by atoms with Crippen LogP contribution in [0.5, 0.6) is 0 Å². The van der Waals surface area contributed by atoms with Gasteiger partial charge >= 0.3 is 17.9 Å². The highest BCUT2D eigenvalue weighted by Gasteiger charge is 2.19. The number of carbonyl (C=O) groups excluding carboxylic acids is 3. The van der Waals surface area contributed by atoms with Gasteiger partial charge in [0.1, 0.15) is 13.2 Å². The summed E-state index contributed by atoms with van der Waals surface area (Å²) in [7, 11) is 0. The molecule has 1 atom stereocenters. The Hall–Kier alpha value is -2.89. The lowest BCUT2D eigenvalue weighted by Gasteiger charge is -2.18. The third kappa shape index (κ3) is 46.2. The molecule has 60 heavy (non-hydrogen) atoms. The fourth-order valence-corrected chi connectivity index (χ4v) is 6.86. The molecule has 0 aliphatic rings. The second kappa shape index (κ2) is 48.8. The first-order valence-electron chi connectivity index (χ1n) is 25.3. The fraction of sp³-hybridized carbons (Fsp3) is 0.759. The second-order valence-corrected chi connectivity index (χ2v) is 16.7. The van der Waals surface area contributed by atoms with Gasteiger partial charge < -0.3 is 14.2 Å². The fourth-order valence-electron chi connectivity index (χ4n) is 6.86. The number of hydrogen-bond acceptors (Lipinski definition) is 6. The predicted molar refractivity (Wildman–Crippen MR) is 256 cm³/mol. The lowest BCUT2D eigenvalue weighted by Crippen LogP contribution is -2.30. The van der Waals surface area contributed by atoms with E-state index in [2.05, 4.69) is 81.5 Å². The van der Waals surface area contributed by atoms with Gasteiger partial charge in [-0.3, -0.25) is 14.4 Å². The number of unbranched alkanes of at least 4 members (excludes halogenated alkanes) is 24. The van der Waals surface area contributed by atoms with Crippen LogP contribution in [0.2, 0.25) is 0 Å². The van der Waals surface area contributed by atoms with Gasteiger partial charge in [0.15, 0.2) is 6.10 Å². The molecule has 0 saturated carbocycles. The van der Waals surface area contributed by atoms with Crippen LogP contribution in [0.3, 0.4) is 0 Å². The molecule has 0 saturated heterocycles. The third-order valence-corrected chi connectivity index (χ3v) is 10.7. The maximum absolute atomic E-state index is 12.8. The molecule has 0 aromatic rings. The molecule has 0 amide bonds. The zero-order chi connectivity index (χ0) is 43.7. The standard InChI is InChI=1S/C54H94O6/c1-4-7-10-13-16-19-22-24-26-27-29-30-32-35-38-41-44-47-53(56)59-50-51(49-58-52(55)46-43-40-37-34-21-18-15-12-9-6-3)60-54(57)48-45-42-39-36-33-31-28-25-23-20-17-14-11-8-5-2/h12,15-17,19-20,24-26,28,51H,4-11,13-14,18,21-23,27,29-50H2,1-3H3/b15-12-,19-16-,20-17-,26-24-,28-25-. The highest BCUT2D eigenvalue weighted by Crippen LogP contribution is 2.14. The summed E-state index contributed by atoms with van der Waals surface area (Å²) in [5, 5.41) is 0. The Morgan fingerprint density at radius 1 is 0.333 bits per heavy atom. The van der Waals surface area contributed by atoms with Gasteiger partial charge in [0, 0.05) is 19.3 Å². The zero-order valence-electron chi connectivity index (χ0n) is 39.5. The molecular weight excluding hydrogens is 745 g/mol. The summed E-state index contributed by atoms with van der Waals surface area (Å²) in [6.07, 6.45) is 59.1. The van der Waals surface area contributed by atoms with E-state index in [1.165, 1.54) is 96.3 Å². The topological polar surface area (TPSA) is 78.9 Å². The monoisotopic (exact) mass is 839 g/mol. The van der Waals surface area contributed by atoms with Gasteiger partial charge in [-0.2, -0.15) is 0 Å². The normalized spacial score (nSPS) is 12.5. The largest absolute Gasteiger partial charge is 0.462 e. The Morgan fingerprint density at radius 3 is 1.00 bits per heavy atom.